The minimum atomic E-state index is -5.06. The fourth-order valence-corrected chi connectivity index (χ4v) is 5.40. The molecule has 194 valence electrons. The summed E-state index contributed by atoms with van der Waals surface area (Å²) in [5, 5.41) is 2.74. The van der Waals surface area contributed by atoms with Gasteiger partial charge in [-0.1, -0.05) is 41.9 Å². The van der Waals surface area contributed by atoms with E-state index in [1.807, 2.05) is 18.2 Å². The number of carbonyl (C=O) groups excluding carboxylic acids is 2. The van der Waals surface area contributed by atoms with Crippen LogP contribution < -0.4 is 10.1 Å². The van der Waals surface area contributed by atoms with Crippen LogP contribution in [0.4, 0.5) is 18.0 Å². The molecule has 0 aromatic heterocycles. The fraction of sp³-hybridized carbons (Fsp3) is 0.440. The summed E-state index contributed by atoms with van der Waals surface area (Å²) in [4.78, 5) is 26.8. The maximum absolute atomic E-state index is 14.5. The topological polar surface area (TPSA) is 77.1 Å². The summed E-state index contributed by atoms with van der Waals surface area (Å²) in [6.45, 7) is 0.124. The third kappa shape index (κ3) is 4.37. The van der Waals surface area contributed by atoms with E-state index in [-0.39, 0.29) is 43.4 Å². The molecular weight excluding hydrogens is 501 g/mol. The number of piperidine rings is 1. The summed E-state index contributed by atoms with van der Waals surface area (Å²) >= 11 is 5.95. The number of rotatable bonds is 5. The number of carbonyl (C=O) groups is 2. The van der Waals surface area contributed by atoms with Crippen LogP contribution in [-0.4, -0.2) is 62.5 Å². The first-order valence-corrected chi connectivity index (χ1v) is 11.7. The van der Waals surface area contributed by atoms with Crippen LogP contribution in [0.15, 0.2) is 48.5 Å². The van der Waals surface area contributed by atoms with Crippen molar-refractivity contribution in [2.75, 3.05) is 33.9 Å². The lowest BCUT2D eigenvalue weighted by atomic mass is 9.74. The van der Waals surface area contributed by atoms with Crippen LogP contribution >= 0.6 is 11.6 Å². The Kier molecular flexibility index (Phi) is 7.12. The van der Waals surface area contributed by atoms with E-state index >= 15 is 0 Å². The summed E-state index contributed by atoms with van der Waals surface area (Å²) in [5.41, 5.74) is -3.84. The Hall–Kier alpha value is -2.98. The van der Waals surface area contributed by atoms with Crippen LogP contribution in [0, 0.1) is 0 Å². The molecule has 0 aliphatic carbocycles. The maximum atomic E-state index is 14.5. The monoisotopic (exact) mass is 526 g/mol. The maximum Gasteiger partial charge on any atom is 0.430 e. The smallest absolute Gasteiger partial charge is 0.430 e. The van der Waals surface area contributed by atoms with E-state index in [0.29, 0.717) is 5.75 Å². The molecule has 11 heteroatoms. The third-order valence-electron chi connectivity index (χ3n) is 7.03. The molecule has 2 aliphatic rings. The van der Waals surface area contributed by atoms with Gasteiger partial charge in [-0.25, -0.2) is 4.79 Å². The molecule has 2 aliphatic heterocycles. The predicted molar refractivity (Wildman–Crippen MR) is 125 cm³/mol. The van der Waals surface area contributed by atoms with Crippen LogP contribution in [-0.2, 0) is 19.9 Å². The summed E-state index contributed by atoms with van der Waals surface area (Å²) in [5.74, 6) is -0.966. The van der Waals surface area contributed by atoms with Crippen molar-refractivity contribution in [1.29, 1.82) is 0 Å². The molecule has 2 atom stereocenters. The largest absolute Gasteiger partial charge is 0.496 e. The number of hydrogen-bond acceptors (Lipinski definition) is 5. The Balaban J connectivity index is 1.65. The highest BCUT2D eigenvalue weighted by Gasteiger charge is 2.64. The van der Waals surface area contributed by atoms with Gasteiger partial charge in [-0.2, -0.15) is 13.2 Å². The number of nitrogens with one attached hydrogen (secondary N) is 1. The molecule has 0 unspecified atom stereocenters. The molecule has 2 aromatic carbocycles. The van der Waals surface area contributed by atoms with Crippen molar-refractivity contribution in [1.82, 2.24) is 10.2 Å². The second kappa shape index (κ2) is 9.82. The quantitative estimate of drug-likeness (QED) is 0.614. The SMILES string of the molecule is COc1ccccc1[C@H]1CNC(=O)OC12CCN(C(=O)[C@@](OC)(c1cccc(Cl)c1)C(F)(F)F)CC2. The van der Waals surface area contributed by atoms with Gasteiger partial charge >= 0.3 is 12.3 Å². The molecule has 2 amide bonds. The van der Waals surface area contributed by atoms with Crippen LogP contribution in [0.3, 0.4) is 0 Å². The second-order valence-electron chi connectivity index (χ2n) is 8.82. The van der Waals surface area contributed by atoms with Crippen molar-refractivity contribution in [3.8, 4) is 5.75 Å². The first-order valence-electron chi connectivity index (χ1n) is 11.3. The van der Waals surface area contributed by atoms with E-state index < -0.39 is 34.9 Å². The van der Waals surface area contributed by atoms with Gasteiger partial charge in [0, 0.05) is 61.7 Å². The summed E-state index contributed by atoms with van der Waals surface area (Å²) in [6.07, 6.45) is -5.38. The molecule has 0 radical (unpaired) electrons. The van der Waals surface area contributed by atoms with E-state index in [1.165, 1.54) is 25.3 Å². The van der Waals surface area contributed by atoms with E-state index in [4.69, 9.17) is 25.8 Å². The number of methoxy groups -OCH3 is 2. The number of alkyl carbamates (subject to hydrolysis) is 1. The Morgan fingerprint density at radius 2 is 1.83 bits per heavy atom. The van der Waals surface area contributed by atoms with Gasteiger partial charge in [0.05, 0.1) is 7.11 Å². The highest BCUT2D eigenvalue weighted by Crippen LogP contribution is 2.47. The van der Waals surface area contributed by atoms with Crippen LogP contribution in [0.2, 0.25) is 5.02 Å². The average molecular weight is 527 g/mol. The first kappa shape index (κ1) is 26.1. The van der Waals surface area contributed by atoms with Crippen molar-refractivity contribution in [3.63, 3.8) is 0 Å². The molecule has 2 heterocycles. The van der Waals surface area contributed by atoms with Gasteiger partial charge in [-0.15, -0.1) is 0 Å². The lowest BCUT2D eigenvalue weighted by Gasteiger charge is -2.49. The average Bonchev–Trinajstić information content (AvgIpc) is 2.84. The molecule has 4 rings (SSSR count). The highest BCUT2D eigenvalue weighted by atomic mass is 35.5. The van der Waals surface area contributed by atoms with E-state index in [0.717, 1.165) is 23.6 Å². The van der Waals surface area contributed by atoms with Gasteiger partial charge < -0.3 is 24.4 Å². The van der Waals surface area contributed by atoms with Gasteiger partial charge in [0.2, 0.25) is 0 Å². The van der Waals surface area contributed by atoms with Gasteiger partial charge in [-0.05, 0) is 18.2 Å². The van der Waals surface area contributed by atoms with Crippen molar-refractivity contribution >= 4 is 23.6 Å². The summed E-state index contributed by atoms with van der Waals surface area (Å²) in [7, 11) is 2.39. The van der Waals surface area contributed by atoms with Gasteiger partial charge in [-0.3, -0.25) is 4.79 Å². The minimum Gasteiger partial charge on any atom is -0.496 e. The number of para-hydroxylation sites is 1. The van der Waals surface area contributed by atoms with Gasteiger partial charge in [0.15, 0.2) is 0 Å². The third-order valence-corrected chi connectivity index (χ3v) is 7.27. The minimum absolute atomic E-state index is 0.0461. The zero-order valence-electron chi connectivity index (χ0n) is 19.7. The molecule has 2 fully saturated rings. The molecule has 7 nitrogen and oxygen atoms in total. The normalized spacial score (nSPS) is 21.3. The Bertz CT molecular complexity index is 1140. The molecular formula is C25H26ClF3N2O5. The van der Waals surface area contributed by atoms with E-state index in [1.54, 1.807) is 6.07 Å². The molecule has 1 N–H and O–H groups in total. The van der Waals surface area contributed by atoms with E-state index in [9.17, 15) is 22.8 Å². The molecule has 36 heavy (non-hydrogen) atoms. The van der Waals surface area contributed by atoms with Crippen molar-refractivity contribution < 1.29 is 37.0 Å². The number of benzene rings is 2. The number of amides is 2. The van der Waals surface area contributed by atoms with Crippen LogP contribution in [0.5, 0.6) is 5.75 Å². The number of alkyl halides is 3. The van der Waals surface area contributed by atoms with Crippen molar-refractivity contribution in [2.45, 2.75) is 36.1 Å². The number of hydrogen-bond donors (Lipinski definition) is 1. The Morgan fingerprint density at radius 1 is 1.14 bits per heavy atom. The Labute approximate surface area is 211 Å². The Morgan fingerprint density at radius 3 is 2.44 bits per heavy atom. The summed E-state index contributed by atoms with van der Waals surface area (Å²) < 4.78 is 59.6. The molecule has 0 saturated carbocycles. The predicted octanol–water partition coefficient (Wildman–Crippen LogP) is 4.64. The zero-order valence-corrected chi connectivity index (χ0v) is 20.5. The standard InChI is InChI=1S/C25H26ClF3N2O5/c1-34-20-9-4-3-8-18(20)19-15-30-22(33)36-23(19)10-12-31(13-11-23)21(32)24(35-2,25(27,28)29)16-6-5-7-17(26)14-16/h3-9,14,19H,10-13,15H2,1-2H3,(H,30,33)/t19-,24+/m1/s1. The molecule has 2 aromatic rings. The summed E-state index contributed by atoms with van der Waals surface area (Å²) in [6, 6.07) is 12.3. The molecule has 0 bridgehead atoms. The van der Waals surface area contributed by atoms with Crippen LogP contribution in [0.1, 0.15) is 29.9 Å². The number of ether oxygens (including phenoxy) is 3. The van der Waals surface area contributed by atoms with E-state index in [2.05, 4.69) is 5.32 Å². The van der Waals surface area contributed by atoms with Gasteiger partial charge in [0.25, 0.3) is 11.5 Å². The molecule has 1 spiro atoms. The molecule has 2 saturated heterocycles. The fourth-order valence-electron chi connectivity index (χ4n) is 5.21. The zero-order chi connectivity index (χ0) is 26.1. The number of nitrogens with zero attached hydrogens (tertiary/aromatic N) is 1. The van der Waals surface area contributed by atoms with Crippen molar-refractivity contribution in [3.05, 3.63) is 64.7 Å². The number of halogens is 4. The second-order valence-corrected chi connectivity index (χ2v) is 9.25. The van der Waals surface area contributed by atoms with Crippen LogP contribution in [0.25, 0.3) is 0 Å². The first-order chi connectivity index (χ1) is 17.1. The highest BCUT2D eigenvalue weighted by molar-refractivity contribution is 6.30. The lowest BCUT2D eigenvalue weighted by Crippen LogP contribution is -2.62. The number of likely N-dealkylation sites (tertiary alicyclic amines) is 1. The van der Waals surface area contributed by atoms with Gasteiger partial charge in [0.1, 0.15) is 11.4 Å². The van der Waals surface area contributed by atoms with Crippen molar-refractivity contribution in [2.24, 2.45) is 0 Å². The lowest BCUT2D eigenvalue weighted by molar-refractivity contribution is -0.271.